The maximum absolute atomic E-state index is 13.1. The summed E-state index contributed by atoms with van der Waals surface area (Å²) in [6.45, 7) is 2.58. The van der Waals surface area contributed by atoms with Crippen molar-refractivity contribution in [3.8, 4) is 0 Å². The molecule has 0 bridgehead atoms. The van der Waals surface area contributed by atoms with Crippen molar-refractivity contribution in [1.82, 2.24) is 0 Å². The predicted octanol–water partition coefficient (Wildman–Crippen LogP) is 32.6. The van der Waals surface area contributed by atoms with E-state index in [4.69, 9.17) is 32.3 Å². The molecule has 0 heterocycles. The summed E-state index contributed by atoms with van der Waals surface area (Å²) in [7, 11) is -9.82. The number of hydrogen-bond donors (Lipinski definition) is 4. The van der Waals surface area contributed by atoms with Crippen LogP contribution in [0.2, 0.25) is 0 Å². The average Bonchev–Trinajstić information content (AvgIpc) is 0.901. The number of unbranched alkanes of at least 4 members (excludes halogenated alkanes) is 46. The number of allylic oxidation sites excluding steroid dienone is 28. The highest BCUT2D eigenvalue weighted by Crippen LogP contribution is 2.45. The summed E-state index contributed by atoms with van der Waals surface area (Å²) in [4.78, 5) is 59.2. The molecule has 0 aliphatic rings. The third-order valence-corrected chi connectivity index (χ3v) is 23.8. The number of aliphatic hydroxyl groups is 2. The minimum absolute atomic E-state index is 0.0960. The lowest BCUT2D eigenvalue weighted by Crippen LogP contribution is -2.30. The molecule has 5 unspecified atom stereocenters. The Balaban J connectivity index is 4.59. The number of aliphatic hydroxyl groups excluding tert-OH is 2. The molecule has 0 fully saturated rings. The van der Waals surface area contributed by atoms with Crippen molar-refractivity contribution in [2.45, 2.75) is 463 Å². The monoisotopic (exact) mass is 1820 g/mol. The number of carbonyl (C=O) groups is 3. The zero-order valence-electron chi connectivity index (χ0n) is 80.9. The molecule has 0 aliphatic carbocycles. The van der Waals surface area contributed by atoms with Gasteiger partial charge in [0.1, 0.15) is 25.4 Å². The van der Waals surface area contributed by atoms with Crippen LogP contribution in [-0.2, 0) is 55.8 Å². The van der Waals surface area contributed by atoms with E-state index >= 15 is 0 Å². The molecule has 0 spiro atoms. The van der Waals surface area contributed by atoms with Gasteiger partial charge < -0.3 is 34.2 Å². The fourth-order valence-corrected chi connectivity index (χ4v) is 15.7. The zero-order chi connectivity index (χ0) is 92.1. The van der Waals surface area contributed by atoms with Crippen molar-refractivity contribution in [2.75, 3.05) is 39.6 Å². The molecule has 0 radical (unpaired) electrons. The van der Waals surface area contributed by atoms with E-state index in [1.807, 2.05) is 0 Å². The Morgan fingerprint density at radius 3 is 0.661 bits per heavy atom. The molecule has 0 saturated heterocycles. The highest BCUT2D eigenvalue weighted by atomic mass is 31.2. The number of phosphoric acid groups is 2. The summed E-state index contributed by atoms with van der Waals surface area (Å²) >= 11 is 0. The van der Waals surface area contributed by atoms with Crippen LogP contribution >= 0.6 is 15.6 Å². The Morgan fingerprint density at radius 1 is 0.228 bits per heavy atom. The molecule has 0 saturated carbocycles. The van der Waals surface area contributed by atoms with E-state index in [0.29, 0.717) is 19.3 Å². The van der Waals surface area contributed by atoms with Gasteiger partial charge in [-0.1, -0.05) is 435 Å². The Bertz CT molecular complexity index is 2990. The van der Waals surface area contributed by atoms with Gasteiger partial charge in [0.05, 0.1) is 26.4 Å². The Kier molecular flexibility index (Phi) is 95.9. The van der Waals surface area contributed by atoms with Gasteiger partial charge >= 0.3 is 33.6 Å². The molecule has 127 heavy (non-hydrogen) atoms. The molecular formula is C109H188O16P2. The number of phosphoric ester groups is 2. The van der Waals surface area contributed by atoms with Gasteiger partial charge in [0.15, 0.2) is 6.10 Å². The summed E-state index contributed by atoms with van der Waals surface area (Å²) in [5.41, 5.74) is 0. The smallest absolute Gasteiger partial charge is 0.463 e. The average molecular weight is 1820 g/mol. The lowest BCUT2D eigenvalue weighted by Gasteiger charge is -2.21. The number of rotatable bonds is 97. The lowest BCUT2D eigenvalue weighted by molar-refractivity contribution is -0.161. The Morgan fingerprint density at radius 2 is 0.417 bits per heavy atom. The topological polar surface area (TPSA) is 231 Å². The number of ether oxygens (including phenoxy) is 3. The van der Waals surface area contributed by atoms with Gasteiger partial charge in [0.25, 0.3) is 0 Å². The summed E-state index contributed by atoms with van der Waals surface area (Å²) in [5.74, 6) is -1.57. The maximum atomic E-state index is 13.1. The first-order valence-electron chi connectivity index (χ1n) is 51.4. The second-order valence-corrected chi connectivity index (χ2v) is 37.2. The molecule has 5 atom stereocenters. The fourth-order valence-electron chi connectivity index (χ4n) is 14.1. The molecule has 730 valence electrons. The highest BCUT2D eigenvalue weighted by Gasteiger charge is 2.30. The van der Waals surface area contributed by atoms with Crippen molar-refractivity contribution >= 4 is 33.6 Å². The van der Waals surface area contributed by atoms with Crippen LogP contribution in [0.3, 0.4) is 0 Å². The van der Waals surface area contributed by atoms with Crippen LogP contribution in [0.4, 0.5) is 0 Å². The third-order valence-electron chi connectivity index (χ3n) is 21.9. The molecule has 0 aromatic rings. The van der Waals surface area contributed by atoms with Crippen LogP contribution in [0.1, 0.15) is 445 Å². The van der Waals surface area contributed by atoms with Crippen LogP contribution < -0.4 is 0 Å². The van der Waals surface area contributed by atoms with Crippen molar-refractivity contribution in [3.05, 3.63) is 170 Å². The summed E-state index contributed by atoms with van der Waals surface area (Å²) in [6, 6.07) is 0. The zero-order valence-corrected chi connectivity index (χ0v) is 82.7. The van der Waals surface area contributed by atoms with E-state index < -0.39 is 91.5 Å². The molecule has 0 aromatic carbocycles. The van der Waals surface area contributed by atoms with Crippen LogP contribution in [-0.4, -0.2) is 95.9 Å². The van der Waals surface area contributed by atoms with Crippen LogP contribution in [0.5, 0.6) is 0 Å². The van der Waals surface area contributed by atoms with Gasteiger partial charge in [0, 0.05) is 19.3 Å². The van der Waals surface area contributed by atoms with Gasteiger partial charge in [-0.3, -0.25) is 32.5 Å². The fraction of sp³-hybridized carbons (Fsp3) is 0.716. The van der Waals surface area contributed by atoms with E-state index in [-0.39, 0.29) is 19.3 Å². The van der Waals surface area contributed by atoms with Gasteiger partial charge in [-0.15, -0.1) is 0 Å². The molecule has 18 heteroatoms. The molecule has 0 amide bonds. The number of hydrogen-bond acceptors (Lipinski definition) is 14. The normalized spacial score (nSPS) is 14.4. The van der Waals surface area contributed by atoms with Crippen LogP contribution in [0.25, 0.3) is 0 Å². The highest BCUT2D eigenvalue weighted by molar-refractivity contribution is 7.47. The number of carbonyl (C=O) groups excluding carboxylic acids is 3. The van der Waals surface area contributed by atoms with Gasteiger partial charge in [-0.25, -0.2) is 9.13 Å². The first-order valence-corrected chi connectivity index (χ1v) is 54.4. The first-order chi connectivity index (χ1) is 62.2. The minimum Gasteiger partial charge on any atom is -0.463 e. The standard InChI is InChI=1S/C109H188O16P2/c1-4-7-10-13-16-19-22-25-28-31-34-37-40-43-46-48-49-50-51-52-53-55-58-59-62-65-68-71-74-77-80-83-86-89-92-95-107(112)119-98-104(110)99-121-126(115,116)122-100-105(111)101-123-127(117,118)124-103-106(125-109(114)97-94-91-88-85-82-79-76-73-70-67-64-61-56-45-42-39-36-33-30-27-24-21-18-15-12-9-6-3)102-120-108(113)96-93-90-87-84-81-78-75-72-69-66-63-60-57-54-47-44-41-38-35-32-29-26-23-20-17-14-11-8-5-2/h8,11,16-21,25-30,34-39,43-47,56-57,60,104-106,110-111H,4-7,9-10,12-15,22-24,31-33,40-42,48-55,58-59,61-103H2,1-3H3,(H,115,116)(H,117,118)/b11-8-,19-16-,20-17-,21-18-,28-25-,29-26-,30-27-,37-34-,38-35-,39-36-,46-43-,47-44-,56-45-,60-57-. The molecule has 0 aliphatic heterocycles. The largest absolute Gasteiger partial charge is 0.472 e. The predicted molar refractivity (Wildman–Crippen MR) is 537 cm³/mol. The van der Waals surface area contributed by atoms with Crippen molar-refractivity contribution in [3.63, 3.8) is 0 Å². The quantitative estimate of drug-likeness (QED) is 0.0146. The Labute approximate surface area is 777 Å². The van der Waals surface area contributed by atoms with Crippen molar-refractivity contribution in [2.24, 2.45) is 0 Å². The van der Waals surface area contributed by atoms with E-state index in [1.165, 1.54) is 225 Å². The second kappa shape index (κ2) is 99.9. The van der Waals surface area contributed by atoms with E-state index in [0.717, 1.165) is 161 Å². The summed E-state index contributed by atoms with van der Waals surface area (Å²) in [6.07, 6.45) is 131. The van der Waals surface area contributed by atoms with Crippen LogP contribution in [0, 0.1) is 0 Å². The molecular weight excluding hydrogens is 1630 g/mol. The Hall–Kier alpha value is -5.09. The molecule has 0 rings (SSSR count). The van der Waals surface area contributed by atoms with Gasteiger partial charge in [0.2, 0.25) is 0 Å². The number of esters is 3. The molecule has 16 nitrogen and oxygen atoms in total. The SMILES string of the molecule is CC/C=C\C/C=C\C/C=C\C/C=C\C/C=C\C/C=C\CCCCCCCCCCCCC(=O)OCC(COP(=O)(O)OCC(O)COP(=O)(O)OCC(O)COC(=O)CCCCCCCCCCCCCCCCCCCCC/C=C\C/C=C\C/C=C\C/C=C\CCCCC)OC(=O)CCCCCCCCCCCCC/C=C\C/C=C\C/C=C\C/C=C\CCCCC. The van der Waals surface area contributed by atoms with Gasteiger partial charge in [-0.05, 0) is 161 Å². The van der Waals surface area contributed by atoms with E-state index in [9.17, 15) is 43.5 Å². The van der Waals surface area contributed by atoms with E-state index in [1.54, 1.807) is 0 Å². The molecule has 4 N–H and O–H groups in total. The van der Waals surface area contributed by atoms with Gasteiger partial charge in [-0.2, -0.15) is 0 Å². The third kappa shape index (κ3) is 101. The van der Waals surface area contributed by atoms with Crippen molar-refractivity contribution < 1.29 is 75.8 Å². The maximum Gasteiger partial charge on any atom is 0.472 e. The lowest BCUT2D eigenvalue weighted by atomic mass is 10.0. The second-order valence-electron chi connectivity index (χ2n) is 34.3. The first kappa shape index (κ1) is 122. The van der Waals surface area contributed by atoms with Crippen LogP contribution in [0.15, 0.2) is 170 Å². The minimum atomic E-state index is -4.95. The molecule has 0 aromatic heterocycles. The summed E-state index contributed by atoms with van der Waals surface area (Å²) in [5, 5.41) is 20.8. The summed E-state index contributed by atoms with van der Waals surface area (Å²) < 4.78 is 61.7. The van der Waals surface area contributed by atoms with E-state index in [2.05, 4.69) is 191 Å². The van der Waals surface area contributed by atoms with Crippen molar-refractivity contribution in [1.29, 1.82) is 0 Å².